The monoisotopic (exact) mass is 292 g/mol. The number of ether oxygens (including phenoxy) is 1. The molecule has 3 nitrogen and oxygen atoms in total. The zero-order valence-corrected chi connectivity index (χ0v) is 11.1. The van der Waals surface area contributed by atoms with Crippen molar-refractivity contribution in [3.05, 3.63) is 52.3 Å². The van der Waals surface area contributed by atoms with Gasteiger partial charge in [0.05, 0.1) is 10.2 Å². The summed E-state index contributed by atoms with van der Waals surface area (Å²) in [7, 11) is 0. The number of rotatable bonds is 3. The Balaban J connectivity index is 2.25. The van der Waals surface area contributed by atoms with E-state index in [-0.39, 0.29) is 0 Å². The predicted octanol–water partition coefficient (Wildman–Crippen LogP) is 3.40. The molecule has 1 aromatic heterocycles. The highest BCUT2D eigenvalue weighted by molar-refractivity contribution is 9.10. The first-order valence-corrected chi connectivity index (χ1v) is 6.07. The van der Waals surface area contributed by atoms with Crippen LogP contribution >= 0.6 is 15.9 Å². The van der Waals surface area contributed by atoms with Crippen molar-refractivity contribution in [1.82, 2.24) is 4.98 Å². The van der Waals surface area contributed by atoms with Gasteiger partial charge in [-0.1, -0.05) is 6.07 Å². The molecule has 0 bridgehead atoms. The Morgan fingerprint density at radius 3 is 2.82 bits per heavy atom. The fourth-order valence-corrected chi connectivity index (χ4v) is 2.02. The molecule has 1 aromatic carbocycles. The zero-order chi connectivity index (χ0) is 12.3. The molecule has 2 rings (SSSR count). The second-order valence-corrected chi connectivity index (χ2v) is 4.58. The zero-order valence-electron chi connectivity index (χ0n) is 9.48. The molecule has 4 heteroatoms. The molecule has 0 aliphatic carbocycles. The number of hydrogen-bond acceptors (Lipinski definition) is 3. The second-order valence-electron chi connectivity index (χ2n) is 3.72. The highest BCUT2D eigenvalue weighted by Gasteiger charge is 2.03. The number of pyridine rings is 1. The van der Waals surface area contributed by atoms with E-state index in [2.05, 4.69) is 20.9 Å². The first-order valence-electron chi connectivity index (χ1n) is 5.28. The van der Waals surface area contributed by atoms with Crippen LogP contribution in [0.25, 0.3) is 0 Å². The third-order valence-electron chi connectivity index (χ3n) is 2.31. The van der Waals surface area contributed by atoms with Crippen LogP contribution in [0.15, 0.2) is 41.0 Å². The summed E-state index contributed by atoms with van der Waals surface area (Å²) in [6, 6.07) is 9.60. The van der Waals surface area contributed by atoms with Gasteiger partial charge in [0.1, 0.15) is 11.5 Å². The van der Waals surface area contributed by atoms with Gasteiger partial charge in [0.2, 0.25) is 0 Å². The van der Waals surface area contributed by atoms with Gasteiger partial charge < -0.3 is 10.5 Å². The van der Waals surface area contributed by atoms with E-state index in [1.54, 1.807) is 6.20 Å². The minimum atomic E-state index is 0.409. The highest BCUT2D eigenvalue weighted by atomic mass is 79.9. The lowest BCUT2D eigenvalue weighted by Gasteiger charge is -2.08. The van der Waals surface area contributed by atoms with Crippen LogP contribution in [0.3, 0.4) is 0 Å². The number of halogens is 1. The Kier molecular flexibility index (Phi) is 3.76. The van der Waals surface area contributed by atoms with E-state index in [4.69, 9.17) is 10.5 Å². The summed E-state index contributed by atoms with van der Waals surface area (Å²) in [4.78, 5) is 4.12. The Morgan fingerprint density at radius 1 is 1.29 bits per heavy atom. The van der Waals surface area contributed by atoms with Crippen molar-refractivity contribution in [3.63, 3.8) is 0 Å². The lowest BCUT2D eigenvalue weighted by molar-refractivity contribution is 0.478. The lowest BCUT2D eigenvalue weighted by atomic mass is 10.2. The third kappa shape index (κ3) is 3.05. The van der Waals surface area contributed by atoms with E-state index < -0.39 is 0 Å². The Hall–Kier alpha value is -1.39. The van der Waals surface area contributed by atoms with Gasteiger partial charge in [-0.25, -0.2) is 0 Å². The van der Waals surface area contributed by atoms with E-state index in [1.165, 1.54) is 5.56 Å². The molecule has 17 heavy (non-hydrogen) atoms. The molecule has 0 radical (unpaired) electrons. The van der Waals surface area contributed by atoms with Crippen LogP contribution in [-0.2, 0) is 6.54 Å². The number of benzene rings is 1. The summed E-state index contributed by atoms with van der Waals surface area (Å²) < 4.78 is 6.70. The van der Waals surface area contributed by atoms with Crippen molar-refractivity contribution >= 4 is 15.9 Å². The van der Waals surface area contributed by atoms with E-state index in [0.717, 1.165) is 21.7 Å². The number of nitrogens with zero attached hydrogens (tertiary/aromatic N) is 1. The van der Waals surface area contributed by atoms with Crippen molar-refractivity contribution in [2.45, 2.75) is 13.5 Å². The molecule has 0 fully saturated rings. The van der Waals surface area contributed by atoms with Crippen LogP contribution in [0, 0.1) is 6.92 Å². The quantitative estimate of drug-likeness (QED) is 0.943. The van der Waals surface area contributed by atoms with Crippen LogP contribution in [0.5, 0.6) is 11.5 Å². The molecular weight excluding hydrogens is 280 g/mol. The molecule has 2 N–H and O–H groups in total. The first-order chi connectivity index (χ1) is 8.19. The standard InChI is InChI=1S/C13H13BrN2O/c1-9-2-3-13(12(14)6-9)17-11-4-5-16-10(7-11)8-15/h2-7H,8,15H2,1H3. The van der Waals surface area contributed by atoms with E-state index >= 15 is 0 Å². The van der Waals surface area contributed by atoms with Gasteiger partial charge in [-0.05, 0) is 46.6 Å². The van der Waals surface area contributed by atoms with Gasteiger partial charge in [-0.2, -0.15) is 0 Å². The first kappa shape index (κ1) is 12.1. The van der Waals surface area contributed by atoms with Crippen LogP contribution in [-0.4, -0.2) is 4.98 Å². The van der Waals surface area contributed by atoms with Gasteiger partial charge in [0.15, 0.2) is 0 Å². The molecule has 0 unspecified atom stereocenters. The predicted molar refractivity (Wildman–Crippen MR) is 71.1 cm³/mol. The molecule has 88 valence electrons. The molecule has 2 aromatic rings. The summed E-state index contributed by atoms with van der Waals surface area (Å²) in [5, 5.41) is 0. The molecule has 0 amide bonds. The maximum atomic E-state index is 5.76. The minimum absolute atomic E-state index is 0.409. The molecule has 0 saturated heterocycles. The minimum Gasteiger partial charge on any atom is -0.456 e. The number of nitrogens with two attached hydrogens (primary N) is 1. The maximum Gasteiger partial charge on any atom is 0.141 e. The maximum absolute atomic E-state index is 5.76. The number of aryl methyl sites for hydroxylation is 1. The molecule has 0 aliphatic heterocycles. The summed E-state index contributed by atoms with van der Waals surface area (Å²) >= 11 is 3.47. The molecule has 0 spiro atoms. The van der Waals surface area contributed by atoms with Gasteiger partial charge in [-0.15, -0.1) is 0 Å². The average molecular weight is 293 g/mol. The van der Waals surface area contributed by atoms with E-state index in [9.17, 15) is 0 Å². The van der Waals surface area contributed by atoms with Gasteiger partial charge in [0, 0.05) is 18.8 Å². The smallest absolute Gasteiger partial charge is 0.141 e. The second kappa shape index (κ2) is 5.29. The Bertz CT molecular complexity index is 529. The highest BCUT2D eigenvalue weighted by Crippen LogP contribution is 2.30. The average Bonchev–Trinajstić information content (AvgIpc) is 2.33. The summed E-state index contributed by atoms with van der Waals surface area (Å²) in [6.45, 7) is 2.44. The van der Waals surface area contributed by atoms with Crippen LogP contribution in [0.4, 0.5) is 0 Å². The summed E-state index contributed by atoms with van der Waals surface area (Å²) in [5.74, 6) is 1.52. The summed E-state index contributed by atoms with van der Waals surface area (Å²) in [6.07, 6.45) is 1.69. The SMILES string of the molecule is Cc1ccc(Oc2ccnc(CN)c2)c(Br)c1. The van der Waals surface area contributed by atoms with Crippen LogP contribution < -0.4 is 10.5 Å². The van der Waals surface area contributed by atoms with Crippen molar-refractivity contribution in [2.24, 2.45) is 5.73 Å². The molecule has 0 atom stereocenters. The molecule has 1 heterocycles. The number of hydrogen-bond donors (Lipinski definition) is 1. The lowest BCUT2D eigenvalue weighted by Crippen LogP contribution is -1.99. The largest absolute Gasteiger partial charge is 0.456 e. The Morgan fingerprint density at radius 2 is 2.12 bits per heavy atom. The molecular formula is C13H13BrN2O. The fourth-order valence-electron chi connectivity index (χ4n) is 1.45. The molecule has 0 saturated carbocycles. The third-order valence-corrected chi connectivity index (χ3v) is 2.93. The molecule has 0 aliphatic rings. The normalized spacial score (nSPS) is 10.3. The van der Waals surface area contributed by atoms with E-state index in [1.807, 2.05) is 37.3 Å². The van der Waals surface area contributed by atoms with Crippen molar-refractivity contribution in [3.8, 4) is 11.5 Å². The van der Waals surface area contributed by atoms with Crippen LogP contribution in [0.2, 0.25) is 0 Å². The summed E-state index contributed by atoms with van der Waals surface area (Å²) in [5.41, 5.74) is 7.53. The van der Waals surface area contributed by atoms with Gasteiger partial charge in [-0.3, -0.25) is 4.98 Å². The van der Waals surface area contributed by atoms with Gasteiger partial charge >= 0.3 is 0 Å². The van der Waals surface area contributed by atoms with Crippen LogP contribution in [0.1, 0.15) is 11.3 Å². The topological polar surface area (TPSA) is 48.1 Å². The van der Waals surface area contributed by atoms with Gasteiger partial charge in [0.25, 0.3) is 0 Å². The van der Waals surface area contributed by atoms with E-state index in [0.29, 0.717) is 6.54 Å². The van der Waals surface area contributed by atoms with Crippen molar-refractivity contribution < 1.29 is 4.74 Å². The fraction of sp³-hybridized carbons (Fsp3) is 0.154. The number of aromatic nitrogens is 1. The Labute approximate surface area is 109 Å². The van der Waals surface area contributed by atoms with Crippen molar-refractivity contribution in [1.29, 1.82) is 0 Å². The van der Waals surface area contributed by atoms with Crippen molar-refractivity contribution in [2.75, 3.05) is 0 Å².